The van der Waals surface area contributed by atoms with Crippen molar-refractivity contribution in [2.45, 2.75) is 18.9 Å². The maximum Gasteiger partial charge on any atom is 0.416 e. The number of benzene rings is 2. The molecule has 2 N–H and O–H groups in total. The highest BCUT2D eigenvalue weighted by molar-refractivity contribution is 5.93. The number of carbonyl (C=O) groups excluding carboxylic acids is 1. The molecule has 2 rings (SSSR count). The number of carboxylic acids is 1. The van der Waals surface area contributed by atoms with Gasteiger partial charge in [0.05, 0.1) is 18.8 Å². The lowest BCUT2D eigenvalue weighted by molar-refractivity contribution is -0.159. The Morgan fingerprint density at radius 1 is 1.04 bits per heavy atom. The molecule has 9 heteroatoms. The number of amides is 1. The van der Waals surface area contributed by atoms with Gasteiger partial charge in [0, 0.05) is 5.56 Å². The molecule has 0 heterocycles. The molecule has 1 amide bonds. The van der Waals surface area contributed by atoms with Crippen LogP contribution in [0.1, 0.15) is 21.5 Å². The van der Waals surface area contributed by atoms with E-state index in [4.69, 9.17) is 14.7 Å². The first-order valence-corrected chi connectivity index (χ1v) is 7.75. The molecule has 0 aliphatic rings. The van der Waals surface area contributed by atoms with Crippen LogP contribution in [0.15, 0.2) is 54.6 Å². The molecule has 0 fully saturated rings. The van der Waals surface area contributed by atoms with Crippen LogP contribution in [-0.4, -0.2) is 29.7 Å². The van der Waals surface area contributed by atoms with Crippen LogP contribution in [0, 0.1) is 0 Å². The van der Waals surface area contributed by atoms with E-state index >= 15 is 0 Å². The number of carboxylic acid groups (broad SMARTS) is 1. The predicted octanol–water partition coefficient (Wildman–Crippen LogP) is 3.04. The summed E-state index contributed by atoms with van der Waals surface area (Å²) in [5.74, 6) is -2.24. The zero-order valence-corrected chi connectivity index (χ0v) is 13.9. The third-order valence-electron chi connectivity index (χ3n) is 3.42. The lowest BCUT2D eigenvalue weighted by Crippen LogP contribution is -2.37. The molecular weight excluding hydrogens is 367 g/mol. The molecule has 0 aliphatic heterocycles. The van der Waals surface area contributed by atoms with Gasteiger partial charge in [-0.05, 0) is 29.8 Å². The number of rotatable bonds is 8. The van der Waals surface area contributed by atoms with E-state index < -0.39 is 29.7 Å². The molecule has 0 saturated carbocycles. The number of alkyl halides is 3. The summed E-state index contributed by atoms with van der Waals surface area (Å²) in [4.78, 5) is 27.9. The number of hydrogen-bond acceptors (Lipinski definition) is 4. The molecule has 0 unspecified atom stereocenters. The number of aliphatic carboxylic acids is 1. The summed E-state index contributed by atoms with van der Waals surface area (Å²) in [5, 5.41) is 9.10. The molecule has 1 atom stereocenters. The Kier molecular flexibility index (Phi) is 6.91. The zero-order chi connectivity index (χ0) is 19.9. The Labute approximate surface area is 152 Å². The van der Waals surface area contributed by atoms with Gasteiger partial charge in [-0.2, -0.15) is 13.2 Å². The molecule has 0 spiro atoms. The van der Waals surface area contributed by atoms with E-state index in [0.717, 1.165) is 29.8 Å². The number of halogens is 3. The van der Waals surface area contributed by atoms with E-state index in [2.05, 4.69) is 0 Å². The van der Waals surface area contributed by atoms with Crippen LogP contribution >= 0.6 is 0 Å². The SMILES string of the molecule is O=C(NO[C@H](COCc1ccccc1)C(=O)O)c1ccc(C(F)(F)F)cc1. The molecule has 0 radical (unpaired) electrons. The quantitative estimate of drug-likeness (QED) is 0.685. The van der Waals surface area contributed by atoms with Crippen molar-refractivity contribution >= 4 is 11.9 Å². The van der Waals surface area contributed by atoms with Gasteiger partial charge in [-0.15, -0.1) is 0 Å². The van der Waals surface area contributed by atoms with Gasteiger partial charge in [0.1, 0.15) is 0 Å². The number of carbonyl (C=O) groups is 2. The van der Waals surface area contributed by atoms with Crippen molar-refractivity contribution in [1.82, 2.24) is 5.48 Å². The number of hydroxylamine groups is 1. The fraction of sp³-hybridized carbons (Fsp3) is 0.222. The van der Waals surface area contributed by atoms with E-state index in [1.54, 1.807) is 24.3 Å². The standard InChI is InChI=1S/C18H16F3NO5/c19-18(20,21)14-8-6-13(7-9-14)16(23)22-27-15(17(24)25)11-26-10-12-4-2-1-3-5-12/h1-9,15H,10-11H2,(H,22,23)(H,24,25)/t15-/m1/s1. The smallest absolute Gasteiger partial charge is 0.416 e. The van der Waals surface area contributed by atoms with Crippen molar-refractivity contribution in [2.75, 3.05) is 6.61 Å². The number of hydrogen-bond donors (Lipinski definition) is 2. The first-order chi connectivity index (χ1) is 12.8. The van der Waals surface area contributed by atoms with Gasteiger partial charge in [0.15, 0.2) is 0 Å². The lowest BCUT2D eigenvalue weighted by atomic mass is 10.1. The molecule has 2 aromatic rings. The molecule has 27 heavy (non-hydrogen) atoms. The Balaban J connectivity index is 1.85. The van der Waals surface area contributed by atoms with E-state index in [0.29, 0.717) is 0 Å². The van der Waals surface area contributed by atoms with Crippen molar-refractivity contribution in [3.8, 4) is 0 Å². The van der Waals surface area contributed by atoms with E-state index in [1.807, 2.05) is 11.5 Å². The van der Waals surface area contributed by atoms with Crippen molar-refractivity contribution in [1.29, 1.82) is 0 Å². The molecular formula is C18H16F3NO5. The third-order valence-corrected chi connectivity index (χ3v) is 3.42. The molecule has 0 saturated heterocycles. The summed E-state index contributed by atoms with van der Waals surface area (Å²) in [6, 6.07) is 12.4. The van der Waals surface area contributed by atoms with Gasteiger partial charge < -0.3 is 9.84 Å². The monoisotopic (exact) mass is 383 g/mol. The molecule has 0 aliphatic carbocycles. The maximum absolute atomic E-state index is 12.5. The summed E-state index contributed by atoms with van der Waals surface area (Å²) in [7, 11) is 0. The highest BCUT2D eigenvalue weighted by Crippen LogP contribution is 2.29. The molecule has 0 aromatic heterocycles. The van der Waals surface area contributed by atoms with Crippen LogP contribution in [0.4, 0.5) is 13.2 Å². The topological polar surface area (TPSA) is 84.9 Å². The van der Waals surface area contributed by atoms with Crippen LogP contribution in [0.5, 0.6) is 0 Å². The fourth-order valence-electron chi connectivity index (χ4n) is 2.01. The summed E-state index contributed by atoms with van der Waals surface area (Å²) in [5.41, 5.74) is 1.72. The predicted molar refractivity (Wildman–Crippen MR) is 87.5 cm³/mol. The average Bonchev–Trinajstić information content (AvgIpc) is 2.64. The average molecular weight is 383 g/mol. The number of nitrogens with one attached hydrogen (secondary N) is 1. The summed E-state index contributed by atoms with van der Waals surface area (Å²) in [6.07, 6.45) is -6.00. The summed E-state index contributed by atoms with van der Waals surface area (Å²) < 4.78 is 42.8. The van der Waals surface area contributed by atoms with Crippen LogP contribution in [0.3, 0.4) is 0 Å². The van der Waals surface area contributed by atoms with Crippen LogP contribution in [0.2, 0.25) is 0 Å². The Bertz CT molecular complexity index is 763. The second kappa shape index (κ2) is 9.15. The largest absolute Gasteiger partial charge is 0.479 e. The first kappa shape index (κ1) is 20.4. The molecule has 2 aromatic carbocycles. The lowest BCUT2D eigenvalue weighted by Gasteiger charge is -2.14. The van der Waals surface area contributed by atoms with Crippen molar-refractivity contribution in [3.05, 3.63) is 71.3 Å². The second-order valence-electron chi connectivity index (χ2n) is 5.45. The third kappa shape index (κ3) is 6.39. The maximum atomic E-state index is 12.5. The molecule has 0 bridgehead atoms. The van der Waals surface area contributed by atoms with Gasteiger partial charge in [-0.3, -0.25) is 9.63 Å². The van der Waals surface area contributed by atoms with Crippen LogP contribution < -0.4 is 5.48 Å². The van der Waals surface area contributed by atoms with E-state index in [-0.39, 0.29) is 18.8 Å². The summed E-state index contributed by atoms with van der Waals surface area (Å²) in [6.45, 7) is -0.182. The van der Waals surface area contributed by atoms with Crippen molar-refractivity contribution in [3.63, 3.8) is 0 Å². The van der Waals surface area contributed by atoms with Gasteiger partial charge in [-0.1, -0.05) is 30.3 Å². The summed E-state index contributed by atoms with van der Waals surface area (Å²) >= 11 is 0. The highest BCUT2D eigenvalue weighted by Gasteiger charge is 2.30. The Morgan fingerprint density at radius 2 is 1.67 bits per heavy atom. The molecule has 6 nitrogen and oxygen atoms in total. The van der Waals surface area contributed by atoms with Gasteiger partial charge >= 0.3 is 12.1 Å². The minimum Gasteiger partial charge on any atom is -0.479 e. The minimum absolute atomic E-state index is 0.114. The highest BCUT2D eigenvalue weighted by atomic mass is 19.4. The molecule has 144 valence electrons. The fourth-order valence-corrected chi connectivity index (χ4v) is 2.01. The Hall–Kier alpha value is -2.91. The van der Waals surface area contributed by atoms with Gasteiger partial charge in [0.25, 0.3) is 5.91 Å². The van der Waals surface area contributed by atoms with E-state index in [9.17, 15) is 22.8 Å². The normalized spacial score (nSPS) is 12.4. The van der Waals surface area contributed by atoms with Crippen molar-refractivity contribution < 1.29 is 37.4 Å². The van der Waals surface area contributed by atoms with Gasteiger partial charge in [-0.25, -0.2) is 10.3 Å². The first-order valence-electron chi connectivity index (χ1n) is 7.75. The zero-order valence-electron chi connectivity index (χ0n) is 13.9. The van der Waals surface area contributed by atoms with E-state index in [1.165, 1.54) is 0 Å². The minimum atomic E-state index is -4.52. The van der Waals surface area contributed by atoms with Crippen molar-refractivity contribution in [2.24, 2.45) is 0 Å². The Morgan fingerprint density at radius 3 is 2.22 bits per heavy atom. The second-order valence-corrected chi connectivity index (χ2v) is 5.45. The number of ether oxygens (including phenoxy) is 1. The van der Waals surface area contributed by atoms with Crippen LogP contribution in [0.25, 0.3) is 0 Å². The van der Waals surface area contributed by atoms with Gasteiger partial charge in [0.2, 0.25) is 6.10 Å². The van der Waals surface area contributed by atoms with Crippen LogP contribution in [-0.2, 0) is 27.2 Å².